The smallest absolute Gasteiger partial charge is 0.335 e. The third-order valence-electron chi connectivity index (χ3n) is 2.07. The maximum atomic E-state index is 10.8. The van der Waals surface area contributed by atoms with E-state index in [4.69, 9.17) is 14.6 Å². The van der Waals surface area contributed by atoms with Crippen LogP contribution in [0, 0.1) is 0 Å². The molecule has 0 amide bonds. The Bertz CT molecular complexity index is 367. The first-order chi connectivity index (χ1) is 8.13. The van der Waals surface area contributed by atoms with Gasteiger partial charge in [-0.1, -0.05) is 28.1 Å². The fourth-order valence-electron chi connectivity index (χ4n) is 1.30. The molecule has 0 spiro atoms. The Hall–Kier alpha value is -0.910. The van der Waals surface area contributed by atoms with Gasteiger partial charge in [0, 0.05) is 11.1 Å². The van der Waals surface area contributed by atoms with Crippen molar-refractivity contribution in [3.8, 4) is 0 Å². The minimum atomic E-state index is -0.999. The quantitative estimate of drug-likeness (QED) is 0.840. The predicted molar refractivity (Wildman–Crippen MR) is 66.8 cm³/mol. The van der Waals surface area contributed by atoms with Gasteiger partial charge in [-0.25, -0.2) is 4.79 Å². The van der Waals surface area contributed by atoms with Gasteiger partial charge in [-0.05, 0) is 24.6 Å². The number of aliphatic carboxylic acids is 1. The first-order valence-electron chi connectivity index (χ1n) is 5.30. The Labute approximate surface area is 109 Å². The fraction of sp³-hybridized carbons (Fsp3) is 0.417. The molecule has 0 aliphatic rings. The van der Waals surface area contributed by atoms with Crippen LogP contribution in [0.1, 0.15) is 12.5 Å². The zero-order chi connectivity index (χ0) is 12.7. The standard InChI is InChI=1S/C12H15BrO4/c1-2-17-11(12(14)15)8-16-7-9-4-3-5-10(13)6-9/h3-6,11H,2,7-8H2,1H3,(H,14,15). The number of carboxylic acids is 1. The van der Waals surface area contributed by atoms with Crippen LogP contribution in [0.4, 0.5) is 0 Å². The van der Waals surface area contributed by atoms with E-state index < -0.39 is 12.1 Å². The van der Waals surface area contributed by atoms with Gasteiger partial charge < -0.3 is 14.6 Å². The van der Waals surface area contributed by atoms with Crippen LogP contribution in [-0.2, 0) is 20.9 Å². The molecule has 1 atom stereocenters. The summed E-state index contributed by atoms with van der Waals surface area (Å²) in [6, 6.07) is 7.67. The third-order valence-corrected chi connectivity index (χ3v) is 2.56. The molecule has 1 unspecified atom stereocenters. The highest BCUT2D eigenvalue weighted by Crippen LogP contribution is 2.12. The minimum Gasteiger partial charge on any atom is -0.479 e. The van der Waals surface area contributed by atoms with Crippen molar-refractivity contribution in [1.82, 2.24) is 0 Å². The van der Waals surface area contributed by atoms with Crippen LogP contribution in [-0.4, -0.2) is 30.4 Å². The van der Waals surface area contributed by atoms with Gasteiger partial charge >= 0.3 is 5.97 Å². The van der Waals surface area contributed by atoms with E-state index in [1.165, 1.54) is 0 Å². The number of benzene rings is 1. The number of halogens is 1. The van der Waals surface area contributed by atoms with Gasteiger partial charge in [-0.3, -0.25) is 0 Å². The molecule has 0 fully saturated rings. The molecule has 1 aromatic rings. The maximum Gasteiger partial charge on any atom is 0.335 e. The van der Waals surface area contributed by atoms with Gasteiger partial charge in [0.2, 0.25) is 0 Å². The SMILES string of the molecule is CCOC(COCc1cccc(Br)c1)C(=O)O. The molecule has 0 saturated carbocycles. The van der Waals surface area contributed by atoms with Crippen molar-refractivity contribution in [2.45, 2.75) is 19.6 Å². The summed E-state index contributed by atoms with van der Waals surface area (Å²) in [6.07, 6.45) is -0.896. The summed E-state index contributed by atoms with van der Waals surface area (Å²) >= 11 is 3.36. The largest absolute Gasteiger partial charge is 0.479 e. The van der Waals surface area contributed by atoms with E-state index >= 15 is 0 Å². The van der Waals surface area contributed by atoms with Crippen LogP contribution in [0.25, 0.3) is 0 Å². The average Bonchev–Trinajstić information content (AvgIpc) is 2.28. The minimum absolute atomic E-state index is 0.0513. The summed E-state index contributed by atoms with van der Waals surface area (Å²) in [5, 5.41) is 8.83. The highest BCUT2D eigenvalue weighted by Gasteiger charge is 2.17. The Morgan fingerprint density at radius 1 is 1.53 bits per heavy atom. The number of ether oxygens (including phenoxy) is 2. The third kappa shape index (κ3) is 5.30. The molecule has 0 radical (unpaired) electrons. The average molecular weight is 303 g/mol. The zero-order valence-corrected chi connectivity index (χ0v) is 11.1. The van der Waals surface area contributed by atoms with Crippen molar-refractivity contribution >= 4 is 21.9 Å². The number of carboxylic acid groups (broad SMARTS) is 1. The molecule has 1 rings (SSSR count). The van der Waals surface area contributed by atoms with E-state index in [2.05, 4.69) is 15.9 Å². The summed E-state index contributed by atoms with van der Waals surface area (Å²) in [5.41, 5.74) is 0.986. The first-order valence-corrected chi connectivity index (χ1v) is 6.09. The summed E-state index contributed by atoms with van der Waals surface area (Å²) < 4.78 is 11.3. The summed E-state index contributed by atoms with van der Waals surface area (Å²) in [4.78, 5) is 10.8. The number of hydrogen-bond acceptors (Lipinski definition) is 3. The molecular weight excluding hydrogens is 288 g/mol. The molecule has 94 valence electrons. The normalized spacial score (nSPS) is 12.4. The molecule has 0 saturated heterocycles. The number of rotatable bonds is 7. The number of hydrogen-bond donors (Lipinski definition) is 1. The highest BCUT2D eigenvalue weighted by molar-refractivity contribution is 9.10. The monoisotopic (exact) mass is 302 g/mol. The molecular formula is C12H15BrO4. The fourth-order valence-corrected chi connectivity index (χ4v) is 1.75. The van der Waals surface area contributed by atoms with Crippen LogP contribution < -0.4 is 0 Å². The van der Waals surface area contributed by atoms with Crippen LogP contribution in [0.15, 0.2) is 28.7 Å². The van der Waals surface area contributed by atoms with Crippen molar-refractivity contribution in [3.63, 3.8) is 0 Å². The van der Waals surface area contributed by atoms with Crippen molar-refractivity contribution in [2.75, 3.05) is 13.2 Å². The molecule has 0 aromatic heterocycles. The van der Waals surface area contributed by atoms with Gasteiger partial charge in [0.1, 0.15) is 0 Å². The zero-order valence-electron chi connectivity index (χ0n) is 9.56. The lowest BCUT2D eigenvalue weighted by Crippen LogP contribution is -2.29. The molecule has 1 aromatic carbocycles. The lowest BCUT2D eigenvalue weighted by Gasteiger charge is -2.12. The van der Waals surface area contributed by atoms with Gasteiger partial charge in [-0.15, -0.1) is 0 Å². The first kappa shape index (κ1) is 14.2. The summed E-state index contributed by atoms with van der Waals surface area (Å²) in [6.45, 7) is 2.54. The van der Waals surface area contributed by atoms with Gasteiger partial charge in [0.05, 0.1) is 13.2 Å². The Balaban J connectivity index is 2.38. The second kappa shape index (κ2) is 7.42. The lowest BCUT2D eigenvalue weighted by molar-refractivity contribution is -0.154. The highest BCUT2D eigenvalue weighted by atomic mass is 79.9. The number of carbonyl (C=O) groups is 1. The molecule has 0 aliphatic heterocycles. The van der Waals surface area contributed by atoms with Crippen molar-refractivity contribution in [2.24, 2.45) is 0 Å². The van der Waals surface area contributed by atoms with E-state index in [0.29, 0.717) is 13.2 Å². The molecule has 0 aliphatic carbocycles. The van der Waals surface area contributed by atoms with Crippen LogP contribution >= 0.6 is 15.9 Å². The van der Waals surface area contributed by atoms with Gasteiger partial charge in [0.25, 0.3) is 0 Å². The van der Waals surface area contributed by atoms with Crippen molar-refractivity contribution < 1.29 is 19.4 Å². The van der Waals surface area contributed by atoms with Crippen LogP contribution in [0.5, 0.6) is 0 Å². The van der Waals surface area contributed by atoms with Crippen molar-refractivity contribution in [3.05, 3.63) is 34.3 Å². The molecule has 17 heavy (non-hydrogen) atoms. The Kier molecular flexibility index (Phi) is 6.18. The van der Waals surface area contributed by atoms with Crippen molar-refractivity contribution in [1.29, 1.82) is 0 Å². The molecule has 0 heterocycles. The Morgan fingerprint density at radius 3 is 2.88 bits per heavy atom. The molecule has 4 nitrogen and oxygen atoms in total. The predicted octanol–water partition coefficient (Wildman–Crippen LogP) is 2.46. The molecule has 1 N–H and O–H groups in total. The van der Waals surface area contributed by atoms with Crippen LogP contribution in [0.3, 0.4) is 0 Å². The van der Waals surface area contributed by atoms with E-state index in [-0.39, 0.29) is 6.61 Å². The Morgan fingerprint density at radius 2 is 2.29 bits per heavy atom. The lowest BCUT2D eigenvalue weighted by atomic mass is 10.2. The topological polar surface area (TPSA) is 55.8 Å². The molecule has 0 bridgehead atoms. The van der Waals surface area contributed by atoms with Crippen LogP contribution in [0.2, 0.25) is 0 Å². The second-order valence-electron chi connectivity index (χ2n) is 3.43. The van der Waals surface area contributed by atoms with E-state index in [1.54, 1.807) is 6.92 Å². The maximum absolute atomic E-state index is 10.8. The van der Waals surface area contributed by atoms with E-state index in [0.717, 1.165) is 10.0 Å². The van der Waals surface area contributed by atoms with Gasteiger partial charge in [-0.2, -0.15) is 0 Å². The van der Waals surface area contributed by atoms with Gasteiger partial charge in [0.15, 0.2) is 6.10 Å². The summed E-state index contributed by atoms with van der Waals surface area (Å²) in [5.74, 6) is -0.999. The molecule has 5 heteroatoms. The van der Waals surface area contributed by atoms with E-state index in [9.17, 15) is 4.79 Å². The van der Waals surface area contributed by atoms with E-state index in [1.807, 2.05) is 24.3 Å². The summed E-state index contributed by atoms with van der Waals surface area (Å²) in [7, 11) is 0. The second-order valence-corrected chi connectivity index (χ2v) is 4.34.